The molecular formula is C16H20N2O. The average Bonchev–Trinajstić information content (AvgIpc) is 2.41. The number of nitrogens with one attached hydrogen (secondary N) is 1. The zero-order valence-corrected chi connectivity index (χ0v) is 11.4. The van der Waals surface area contributed by atoms with Gasteiger partial charge in [-0.3, -0.25) is 0 Å². The van der Waals surface area contributed by atoms with Crippen molar-refractivity contribution < 1.29 is 5.11 Å². The number of hydrogen-bond acceptors (Lipinski definition) is 3. The Kier molecular flexibility index (Phi) is 4.29. The highest BCUT2D eigenvalue weighted by Gasteiger charge is 2.01. The molecule has 0 atom stereocenters. The molecule has 0 heterocycles. The summed E-state index contributed by atoms with van der Waals surface area (Å²) in [5, 5.41) is 12.7. The van der Waals surface area contributed by atoms with E-state index in [-0.39, 0.29) is 0 Å². The van der Waals surface area contributed by atoms with E-state index in [0.717, 1.165) is 18.8 Å². The molecule has 0 aliphatic carbocycles. The fourth-order valence-corrected chi connectivity index (χ4v) is 1.97. The lowest BCUT2D eigenvalue weighted by molar-refractivity contribution is 0.475. The lowest BCUT2D eigenvalue weighted by atomic mass is 10.2. The number of benzene rings is 2. The normalized spacial score (nSPS) is 10.2. The molecule has 2 rings (SSSR count). The molecule has 0 saturated heterocycles. The van der Waals surface area contributed by atoms with Crippen LogP contribution >= 0.6 is 0 Å². The lowest BCUT2D eigenvalue weighted by Gasteiger charge is -2.20. The van der Waals surface area contributed by atoms with Gasteiger partial charge in [-0.15, -0.1) is 0 Å². The highest BCUT2D eigenvalue weighted by molar-refractivity contribution is 5.51. The summed E-state index contributed by atoms with van der Waals surface area (Å²) >= 11 is 0. The number of aryl methyl sites for hydroxylation is 1. The van der Waals surface area contributed by atoms with Gasteiger partial charge in [0.25, 0.3) is 0 Å². The first-order chi connectivity index (χ1) is 9.16. The molecule has 0 bridgehead atoms. The zero-order valence-electron chi connectivity index (χ0n) is 11.4. The molecule has 0 fully saturated rings. The number of para-hydroxylation sites is 1. The fraction of sp³-hybridized carbons (Fsp3) is 0.250. The number of phenolic OH excluding ortho intramolecular Hbond substituents is 1. The van der Waals surface area contributed by atoms with Crippen molar-refractivity contribution in [2.24, 2.45) is 0 Å². The molecule has 19 heavy (non-hydrogen) atoms. The Morgan fingerprint density at radius 1 is 1.05 bits per heavy atom. The van der Waals surface area contributed by atoms with Crippen LogP contribution in [-0.2, 0) is 0 Å². The Bertz CT molecular complexity index is 523. The van der Waals surface area contributed by atoms with E-state index in [1.807, 2.05) is 31.3 Å². The highest BCUT2D eigenvalue weighted by Crippen LogP contribution is 2.17. The van der Waals surface area contributed by atoms with E-state index in [1.165, 1.54) is 11.3 Å². The Hall–Kier alpha value is -2.16. The van der Waals surface area contributed by atoms with Gasteiger partial charge in [-0.2, -0.15) is 0 Å². The third-order valence-electron chi connectivity index (χ3n) is 3.20. The van der Waals surface area contributed by atoms with Gasteiger partial charge in [-0.25, -0.2) is 0 Å². The van der Waals surface area contributed by atoms with E-state index >= 15 is 0 Å². The first kappa shape index (κ1) is 13.3. The lowest BCUT2D eigenvalue weighted by Crippen LogP contribution is -2.24. The molecule has 0 amide bonds. The van der Waals surface area contributed by atoms with Crippen molar-refractivity contribution in [3.63, 3.8) is 0 Å². The van der Waals surface area contributed by atoms with E-state index in [4.69, 9.17) is 0 Å². The molecule has 0 unspecified atom stereocenters. The summed E-state index contributed by atoms with van der Waals surface area (Å²) in [7, 11) is 2.05. The maximum atomic E-state index is 9.26. The SMILES string of the molecule is Cc1ccccc1NCCN(C)c1ccc(O)cc1. The molecule has 0 aliphatic heterocycles. The Balaban J connectivity index is 1.86. The van der Waals surface area contributed by atoms with Crippen molar-refractivity contribution in [2.75, 3.05) is 30.4 Å². The van der Waals surface area contributed by atoms with E-state index in [9.17, 15) is 5.11 Å². The van der Waals surface area contributed by atoms with Crippen molar-refractivity contribution in [2.45, 2.75) is 6.92 Å². The van der Waals surface area contributed by atoms with Crippen LogP contribution in [-0.4, -0.2) is 25.2 Å². The Morgan fingerprint density at radius 3 is 2.42 bits per heavy atom. The van der Waals surface area contributed by atoms with Gasteiger partial charge in [-0.05, 0) is 42.8 Å². The van der Waals surface area contributed by atoms with Crippen molar-refractivity contribution in [3.8, 4) is 5.75 Å². The molecule has 3 nitrogen and oxygen atoms in total. The van der Waals surface area contributed by atoms with Gasteiger partial charge >= 0.3 is 0 Å². The van der Waals surface area contributed by atoms with Crippen LogP contribution in [0.2, 0.25) is 0 Å². The first-order valence-corrected chi connectivity index (χ1v) is 6.46. The van der Waals surface area contributed by atoms with E-state index in [2.05, 4.69) is 29.3 Å². The van der Waals surface area contributed by atoms with Crippen LogP contribution in [0.1, 0.15) is 5.56 Å². The molecule has 2 N–H and O–H groups in total. The number of hydrogen-bond donors (Lipinski definition) is 2. The fourth-order valence-electron chi connectivity index (χ4n) is 1.97. The topological polar surface area (TPSA) is 35.5 Å². The number of anilines is 2. The largest absolute Gasteiger partial charge is 0.508 e. The predicted octanol–water partition coefficient (Wildman–Crippen LogP) is 3.25. The average molecular weight is 256 g/mol. The smallest absolute Gasteiger partial charge is 0.115 e. The molecular weight excluding hydrogens is 236 g/mol. The number of phenols is 1. The summed E-state index contributed by atoms with van der Waals surface area (Å²) in [6.07, 6.45) is 0. The quantitative estimate of drug-likeness (QED) is 0.862. The minimum Gasteiger partial charge on any atom is -0.508 e. The van der Waals surface area contributed by atoms with Crippen LogP contribution in [0, 0.1) is 6.92 Å². The molecule has 0 radical (unpaired) electrons. The number of likely N-dealkylation sites (N-methyl/N-ethyl adjacent to an activating group) is 1. The van der Waals surface area contributed by atoms with Gasteiger partial charge in [0.2, 0.25) is 0 Å². The molecule has 0 aromatic heterocycles. The van der Waals surface area contributed by atoms with E-state index in [0.29, 0.717) is 5.75 Å². The molecule has 2 aromatic carbocycles. The van der Waals surface area contributed by atoms with Gasteiger partial charge < -0.3 is 15.3 Å². The molecule has 0 spiro atoms. The zero-order chi connectivity index (χ0) is 13.7. The minimum absolute atomic E-state index is 0.301. The van der Waals surface area contributed by atoms with Crippen molar-refractivity contribution in [3.05, 3.63) is 54.1 Å². The van der Waals surface area contributed by atoms with Gasteiger partial charge in [0, 0.05) is 31.5 Å². The summed E-state index contributed by atoms with van der Waals surface area (Å²) < 4.78 is 0. The van der Waals surface area contributed by atoms with Gasteiger partial charge in [0.15, 0.2) is 0 Å². The highest BCUT2D eigenvalue weighted by atomic mass is 16.3. The summed E-state index contributed by atoms with van der Waals surface area (Å²) in [6, 6.07) is 15.5. The monoisotopic (exact) mass is 256 g/mol. The molecule has 0 aliphatic rings. The number of aromatic hydroxyl groups is 1. The van der Waals surface area contributed by atoms with E-state index in [1.54, 1.807) is 12.1 Å². The van der Waals surface area contributed by atoms with Crippen LogP contribution in [0.25, 0.3) is 0 Å². The molecule has 100 valence electrons. The third kappa shape index (κ3) is 3.65. The van der Waals surface area contributed by atoms with Crippen LogP contribution in [0.4, 0.5) is 11.4 Å². The van der Waals surface area contributed by atoms with Gasteiger partial charge in [0.05, 0.1) is 0 Å². The van der Waals surface area contributed by atoms with Gasteiger partial charge in [0.1, 0.15) is 5.75 Å². The van der Waals surface area contributed by atoms with Gasteiger partial charge in [-0.1, -0.05) is 18.2 Å². The second-order valence-corrected chi connectivity index (χ2v) is 4.68. The summed E-state index contributed by atoms with van der Waals surface area (Å²) in [4.78, 5) is 2.16. The van der Waals surface area contributed by atoms with Crippen LogP contribution in [0.15, 0.2) is 48.5 Å². The van der Waals surface area contributed by atoms with Crippen LogP contribution in [0.5, 0.6) is 5.75 Å². The van der Waals surface area contributed by atoms with Crippen molar-refractivity contribution in [1.29, 1.82) is 0 Å². The standard InChI is InChI=1S/C16H20N2O/c1-13-5-3-4-6-16(13)17-11-12-18(2)14-7-9-15(19)10-8-14/h3-10,17,19H,11-12H2,1-2H3. The second-order valence-electron chi connectivity index (χ2n) is 4.68. The molecule has 0 saturated carbocycles. The number of nitrogens with zero attached hydrogens (tertiary/aromatic N) is 1. The molecule has 2 aromatic rings. The second kappa shape index (κ2) is 6.14. The van der Waals surface area contributed by atoms with Crippen molar-refractivity contribution >= 4 is 11.4 Å². The number of rotatable bonds is 5. The summed E-state index contributed by atoms with van der Waals surface area (Å²) in [5.74, 6) is 0.301. The summed E-state index contributed by atoms with van der Waals surface area (Å²) in [6.45, 7) is 3.88. The summed E-state index contributed by atoms with van der Waals surface area (Å²) in [5.41, 5.74) is 3.54. The van der Waals surface area contributed by atoms with Crippen LogP contribution in [0.3, 0.4) is 0 Å². The first-order valence-electron chi connectivity index (χ1n) is 6.46. The molecule has 3 heteroatoms. The Morgan fingerprint density at radius 2 is 1.74 bits per heavy atom. The Labute approximate surface area is 114 Å². The van der Waals surface area contributed by atoms with Crippen LogP contribution < -0.4 is 10.2 Å². The van der Waals surface area contributed by atoms with Crippen molar-refractivity contribution in [1.82, 2.24) is 0 Å². The maximum absolute atomic E-state index is 9.26. The minimum atomic E-state index is 0.301. The maximum Gasteiger partial charge on any atom is 0.115 e. The van der Waals surface area contributed by atoms with E-state index < -0.39 is 0 Å². The predicted molar refractivity (Wildman–Crippen MR) is 81.0 cm³/mol. The third-order valence-corrected chi connectivity index (χ3v) is 3.20.